The summed E-state index contributed by atoms with van der Waals surface area (Å²) in [6.07, 6.45) is 19.4. The highest BCUT2D eigenvalue weighted by molar-refractivity contribution is 5.27. The summed E-state index contributed by atoms with van der Waals surface area (Å²) < 4.78 is 0. The van der Waals surface area contributed by atoms with Crippen LogP contribution in [0.5, 0.6) is 0 Å². The molecule has 0 amide bonds. The summed E-state index contributed by atoms with van der Waals surface area (Å²) in [5, 5.41) is 0. The molecular formula is C18H28. The van der Waals surface area contributed by atoms with E-state index < -0.39 is 0 Å². The minimum atomic E-state index is 0.789. The second-order valence-corrected chi connectivity index (χ2v) is 5.07. The summed E-state index contributed by atoms with van der Waals surface area (Å²) in [5.74, 6) is 0.789. The zero-order valence-corrected chi connectivity index (χ0v) is 12.6. The predicted octanol–water partition coefficient (Wildman–Crippen LogP) is 6.00. The molecule has 0 nitrogen and oxygen atoms in total. The number of rotatable bonds is 7. The molecule has 0 aliphatic carbocycles. The van der Waals surface area contributed by atoms with E-state index in [1.807, 2.05) is 19.1 Å². The van der Waals surface area contributed by atoms with Gasteiger partial charge in [-0.1, -0.05) is 73.6 Å². The van der Waals surface area contributed by atoms with Crippen molar-refractivity contribution in [1.82, 2.24) is 0 Å². The lowest BCUT2D eigenvalue weighted by Crippen LogP contribution is -1.84. The van der Waals surface area contributed by atoms with E-state index in [1.165, 1.54) is 24.0 Å². The Morgan fingerprint density at radius 2 is 1.61 bits per heavy atom. The van der Waals surface area contributed by atoms with Gasteiger partial charge in [-0.15, -0.1) is 0 Å². The quantitative estimate of drug-likeness (QED) is 0.481. The van der Waals surface area contributed by atoms with Crippen LogP contribution in [0.2, 0.25) is 0 Å². The van der Waals surface area contributed by atoms with E-state index in [4.69, 9.17) is 0 Å². The fraction of sp³-hybridized carbons (Fsp3) is 0.444. The standard InChI is InChI=1S/C18H28/c1-6-7-8-12-17(4)14-10-15-18(5)13-9-11-16(2)3/h6-8,10,12-16H,9,11H2,1-5H3. The first-order valence-corrected chi connectivity index (χ1v) is 6.87. The molecule has 0 aliphatic rings. The second kappa shape index (κ2) is 10.8. The Morgan fingerprint density at radius 1 is 0.944 bits per heavy atom. The Kier molecular flexibility index (Phi) is 10.0. The maximum atomic E-state index is 2.31. The number of hydrogen-bond donors (Lipinski definition) is 0. The van der Waals surface area contributed by atoms with Gasteiger partial charge in [-0.3, -0.25) is 0 Å². The third kappa shape index (κ3) is 11.2. The van der Waals surface area contributed by atoms with Gasteiger partial charge >= 0.3 is 0 Å². The topological polar surface area (TPSA) is 0 Å². The molecule has 0 aliphatic heterocycles. The van der Waals surface area contributed by atoms with E-state index in [0.717, 1.165) is 5.92 Å². The number of allylic oxidation sites excluding steroid dienone is 10. The van der Waals surface area contributed by atoms with Crippen LogP contribution in [0.3, 0.4) is 0 Å². The van der Waals surface area contributed by atoms with Crippen LogP contribution in [0.15, 0.2) is 59.8 Å². The van der Waals surface area contributed by atoms with Gasteiger partial charge in [0.2, 0.25) is 0 Å². The van der Waals surface area contributed by atoms with Gasteiger partial charge in [0.25, 0.3) is 0 Å². The first-order valence-electron chi connectivity index (χ1n) is 6.87. The van der Waals surface area contributed by atoms with Crippen LogP contribution in [0.4, 0.5) is 0 Å². The Hall–Kier alpha value is -1.30. The van der Waals surface area contributed by atoms with Gasteiger partial charge in [-0.25, -0.2) is 0 Å². The Balaban J connectivity index is 4.17. The van der Waals surface area contributed by atoms with Crippen LogP contribution in [-0.4, -0.2) is 0 Å². The summed E-state index contributed by atoms with van der Waals surface area (Å²) in [6, 6.07) is 0. The Bertz CT molecular complexity index is 346. The van der Waals surface area contributed by atoms with Gasteiger partial charge in [-0.2, -0.15) is 0 Å². The molecule has 0 spiro atoms. The summed E-state index contributed by atoms with van der Waals surface area (Å²) in [7, 11) is 0. The third-order valence-corrected chi connectivity index (χ3v) is 2.59. The fourth-order valence-electron chi connectivity index (χ4n) is 1.44. The van der Waals surface area contributed by atoms with Crippen LogP contribution in [0.1, 0.15) is 47.5 Å². The van der Waals surface area contributed by atoms with Gasteiger partial charge in [0, 0.05) is 0 Å². The molecule has 0 bridgehead atoms. The average molecular weight is 244 g/mol. The molecule has 0 atom stereocenters. The van der Waals surface area contributed by atoms with Crippen LogP contribution in [0, 0.1) is 5.92 Å². The highest BCUT2D eigenvalue weighted by Crippen LogP contribution is 2.07. The molecule has 0 aromatic carbocycles. The molecule has 0 fully saturated rings. The summed E-state index contributed by atoms with van der Waals surface area (Å²) >= 11 is 0. The predicted molar refractivity (Wildman–Crippen MR) is 84.7 cm³/mol. The molecule has 0 saturated heterocycles. The third-order valence-electron chi connectivity index (χ3n) is 2.59. The normalized spacial score (nSPS) is 14.8. The molecule has 100 valence electrons. The maximum absolute atomic E-state index is 2.31. The van der Waals surface area contributed by atoms with E-state index in [0.29, 0.717) is 0 Å². The lowest BCUT2D eigenvalue weighted by Gasteiger charge is -1.99. The lowest BCUT2D eigenvalue weighted by atomic mass is 10.1. The molecule has 0 unspecified atom stereocenters. The van der Waals surface area contributed by atoms with E-state index in [1.54, 1.807) is 0 Å². The molecular weight excluding hydrogens is 216 g/mol. The SMILES string of the molecule is CC=CC=CC(C)=CC=CC(C)=CCCC(C)C. The molecule has 0 aromatic heterocycles. The van der Waals surface area contributed by atoms with E-state index in [9.17, 15) is 0 Å². The van der Waals surface area contributed by atoms with Crippen molar-refractivity contribution < 1.29 is 0 Å². The zero-order chi connectivity index (χ0) is 13.8. The smallest absolute Gasteiger partial charge is 0.0343 e. The van der Waals surface area contributed by atoms with Crippen molar-refractivity contribution >= 4 is 0 Å². The van der Waals surface area contributed by atoms with Crippen molar-refractivity contribution in [2.45, 2.75) is 47.5 Å². The summed E-state index contributed by atoms with van der Waals surface area (Å²) in [5.41, 5.74) is 2.61. The van der Waals surface area contributed by atoms with Crippen LogP contribution in [-0.2, 0) is 0 Å². The van der Waals surface area contributed by atoms with E-state index in [2.05, 4.69) is 64.2 Å². The largest absolute Gasteiger partial charge is 0.0877 e. The van der Waals surface area contributed by atoms with Gasteiger partial charge in [-0.05, 0) is 39.5 Å². The van der Waals surface area contributed by atoms with Crippen molar-refractivity contribution in [2.24, 2.45) is 5.92 Å². The van der Waals surface area contributed by atoms with E-state index in [-0.39, 0.29) is 0 Å². The number of hydrogen-bond acceptors (Lipinski definition) is 0. The Labute approximate surface area is 113 Å². The minimum absolute atomic E-state index is 0.789. The molecule has 0 saturated carbocycles. The first-order chi connectivity index (χ1) is 8.56. The molecule has 0 aromatic rings. The average Bonchev–Trinajstić information content (AvgIpc) is 2.29. The lowest BCUT2D eigenvalue weighted by molar-refractivity contribution is 0.593. The monoisotopic (exact) mass is 244 g/mol. The highest BCUT2D eigenvalue weighted by Gasteiger charge is 1.90. The second-order valence-electron chi connectivity index (χ2n) is 5.07. The summed E-state index contributed by atoms with van der Waals surface area (Å²) in [4.78, 5) is 0. The van der Waals surface area contributed by atoms with Gasteiger partial charge < -0.3 is 0 Å². The zero-order valence-electron chi connectivity index (χ0n) is 12.6. The van der Waals surface area contributed by atoms with Crippen molar-refractivity contribution in [3.05, 3.63) is 59.8 Å². The van der Waals surface area contributed by atoms with Gasteiger partial charge in [0.15, 0.2) is 0 Å². The first kappa shape index (κ1) is 16.7. The van der Waals surface area contributed by atoms with Crippen LogP contribution < -0.4 is 0 Å². The summed E-state index contributed by atoms with van der Waals surface area (Å²) in [6.45, 7) is 10.8. The maximum Gasteiger partial charge on any atom is -0.0343 e. The minimum Gasteiger partial charge on any atom is -0.0877 e. The van der Waals surface area contributed by atoms with Gasteiger partial charge in [0.05, 0.1) is 0 Å². The molecule has 0 N–H and O–H groups in total. The van der Waals surface area contributed by atoms with Crippen molar-refractivity contribution in [3.8, 4) is 0 Å². The molecule has 0 rings (SSSR count). The molecule has 18 heavy (non-hydrogen) atoms. The van der Waals surface area contributed by atoms with Crippen LogP contribution in [0.25, 0.3) is 0 Å². The van der Waals surface area contributed by atoms with Crippen LogP contribution >= 0.6 is 0 Å². The van der Waals surface area contributed by atoms with Crippen molar-refractivity contribution in [1.29, 1.82) is 0 Å². The highest BCUT2D eigenvalue weighted by atomic mass is 14.0. The van der Waals surface area contributed by atoms with E-state index >= 15 is 0 Å². The van der Waals surface area contributed by atoms with Gasteiger partial charge in [0.1, 0.15) is 0 Å². The molecule has 0 heterocycles. The van der Waals surface area contributed by atoms with Crippen molar-refractivity contribution in [3.63, 3.8) is 0 Å². The molecule has 0 radical (unpaired) electrons. The van der Waals surface area contributed by atoms with Crippen molar-refractivity contribution in [2.75, 3.05) is 0 Å². The molecule has 0 heteroatoms. The Morgan fingerprint density at radius 3 is 2.22 bits per heavy atom. The fourth-order valence-corrected chi connectivity index (χ4v) is 1.44.